The van der Waals surface area contributed by atoms with Gasteiger partial charge >= 0.3 is 12.1 Å². The van der Waals surface area contributed by atoms with Crippen molar-refractivity contribution in [3.8, 4) is 22.6 Å². The molecule has 0 saturated carbocycles. The highest BCUT2D eigenvalue weighted by Gasteiger charge is 2.43. The zero-order valence-electron chi connectivity index (χ0n) is 37.5. The van der Waals surface area contributed by atoms with Crippen LogP contribution in [-0.4, -0.2) is 83.6 Å². The van der Waals surface area contributed by atoms with Crippen LogP contribution in [0.5, 0.6) is 11.5 Å². The zero-order valence-corrected chi connectivity index (χ0v) is 37.5. The van der Waals surface area contributed by atoms with Gasteiger partial charge in [-0.1, -0.05) is 60.7 Å². The number of hydroxylamine groups is 2. The Kier molecular flexibility index (Phi) is 14.0. The molecule has 4 aromatic rings. The topological polar surface area (TPSA) is 222 Å². The van der Waals surface area contributed by atoms with Crippen LogP contribution < -0.4 is 25.4 Å². The minimum absolute atomic E-state index is 0.0512. The summed E-state index contributed by atoms with van der Waals surface area (Å²) in [6, 6.07) is 18.7. The van der Waals surface area contributed by atoms with Crippen molar-refractivity contribution in [1.82, 2.24) is 21.0 Å². The highest BCUT2D eigenvalue weighted by Crippen LogP contribution is 2.45. The summed E-state index contributed by atoms with van der Waals surface area (Å²) >= 11 is 0. The number of methoxy groups -OCH3 is 1. The van der Waals surface area contributed by atoms with Gasteiger partial charge in [-0.05, 0) is 97.9 Å². The number of nitro groups is 1. The first-order valence-corrected chi connectivity index (χ1v) is 22.0. The highest BCUT2D eigenvalue weighted by atomic mass is 16.7. The van der Waals surface area contributed by atoms with E-state index in [4.69, 9.17) is 19.0 Å². The summed E-state index contributed by atoms with van der Waals surface area (Å²) in [7, 11) is 1.60. The molecular formula is C49H53N5O12. The lowest BCUT2D eigenvalue weighted by atomic mass is 9.86. The smallest absolute Gasteiger partial charge is 0.407 e. The van der Waals surface area contributed by atoms with E-state index in [1.165, 1.54) is 24.3 Å². The summed E-state index contributed by atoms with van der Waals surface area (Å²) in [6.45, 7) is 7.61. The van der Waals surface area contributed by atoms with Gasteiger partial charge in [0.05, 0.1) is 12.0 Å². The molecule has 1 aliphatic carbocycles. The minimum atomic E-state index is -1.44. The highest BCUT2D eigenvalue weighted by molar-refractivity contribution is 6.02. The summed E-state index contributed by atoms with van der Waals surface area (Å²) in [6.07, 6.45) is 0.180. The Labute approximate surface area is 381 Å². The van der Waals surface area contributed by atoms with Gasteiger partial charge in [0.25, 0.3) is 23.4 Å². The maximum absolute atomic E-state index is 14.3. The molecule has 3 aliphatic rings. The average Bonchev–Trinajstić information content (AvgIpc) is 3.80. The van der Waals surface area contributed by atoms with E-state index in [2.05, 4.69) is 16.0 Å². The molecule has 17 nitrogen and oxygen atoms in total. The first kappa shape index (κ1) is 46.7. The Bertz CT molecular complexity index is 2520. The van der Waals surface area contributed by atoms with Crippen molar-refractivity contribution >= 4 is 41.4 Å². The molecule has 17 heteroatoms. The molecule has 5 amide bonds. The van der Waals surface area contributed by atoms with Gasteiger partial charge in [-0.15, -0.1) is 5.06 Å². The number of carbonyl (C=O) groups is 6. The number of hydrogen-bond acceptors (Lipinski definition) is 12. The molecule has 7 rings (SSSR count). The van der Waals surface area contributed by atoms with Gasteiger partial charge in [0.2, 0.25) is 5.91 Å². The van der Waals surface area contributed by atoms with E-state index in [9.17, 15) is 38.9 Å². The molecule has 3 N–H and O–H groups in total. The number of nitrogens with one attached hydrogen (secondary N) is 3. The van der Waals surface area contributed by atoms with Gasteiger partial charge < -0.3 is 35.0 Å². The third kappa shape index (κ3) is 9.84. The van der Waals surface area contributed by atoms with Crippen LogP contribution in [0.4, 0.5) is 10.5 Å². The number of non-ortho nitro benzene ring substituents is 1. The van der Waals surface area contributed by atoms with Crippen molar-refractivity contribution in [1.29, 1.82) is 0 Å². The summed E-state index contributed by atoms with van der Waals surface area (Å²) < 4.78 is 17.8. The molecule has 0 aromatic heterocycles. The number of fused-ring (bicyclic) bond motifs is 4. The second-order valence-electron chi connectivity index (χ2n) is 17.0. The first-order chi connectivity index (χ1) is 31.6. The number of hydrogen-bond donors (Lipinski definition) is 3. The van der Waals surface area contributed by atoms with Gasteiger partial charge in [0, 0.05) is 55.8 Å². The van der Waals surface area contributed by atoms with E-state index in [1.807, 2.05) is 69.3 Å². The summed E-state index contributed by atoms with van der Waals surface area (Å²) in [5, 5.41) is 20.0. The molecule has 3 atom stereocenters. The normalized spacial score (nSPS) is 17.1. The van der Waals surface area contributed by atoms with Gasteiger partial charge in [0.1, 0.15) is 30.2 Å². The van der Waals surface area contributed by atoms with Crippen molar-refractivity contribution in [3.05, 3.63) is 122 Å². The van der Waals surface area contributed by atoms with E-state index >= 15 is 0 Å². The van der Waals surface area contributed by atoms with Crippen molar-refractivity contribution in [2.24, 2.45) is 0 Å². The van der Waals surface area contributed by atoms with E-state index in [0.717, 1.165) is 50.3 Å². The molecule has 0 spiro atoms. The van der Waals surface area contributed by atoms with Crippen molar-refractivity contribution in [2.75, 3.05) is 20.3 Å². The minimum Gasteiger partial charge on any atom is -0.496 e. The maximum atomic E-state index is 14.3. The third-order valence-corrected chi connectivity index (χ3v) is 12.7. The molecule has 2 aliphatic heterocycles. The number of unbranched alkanes of at least 4 members (excludes halogenated alkanes) is 1. The largest absolute Gasteiger partial charge is 0.496 e. The number of benzene rings is 4. The average molecular weight is 904 g/mol. The van der Waals surface area contributed by atoms with Crippen LogP contribution in [0, 0.1) is 30.9 Å². The quantitative estimate of drug-likeness (QED) is 0.0471. The Morgan fingerprint density at radius 1 is 0.848 bits per heavy atom. The Hall–Kier alpha value is -7.30. The fraction of sp³-hybridized carbons (Fsp3) is 0.388. The molecule has 0 bridgehead atoms. The number of alkyl carbamates (subject to hydrolysis) is 1. The second kappa shape index (κ2) is 19.8. The van der Waals surface area contributed by atoms with Gasteiger partial charge in [0.15, 0.2) is 5.60 Å². The van der Waals surface area contributed by atoms with Crippen molar-refractivity contribution in [3.63, 3.8) is 0 Å². The molecule has 346 valence electrons. The molecule has 1 saturated heterocycles. The van der Waals surface area contributed by atoms with E-state index in [0.29, 0.717) is 29.2 Å². The van der Waals surface area contributed by atoms with Gasteiger partial charge in [-0.2, -0.15) is 0 Å². The summed E-state index contributed by atoms with van der Waals surface area (Å²) in [5.41, 5.74) is 6.66. The molecule has 66 heavy (non-hydrogen) atoms. The molecule has 4 aromatic carbocycles. The van der Waals surface area contributed by atoms with Gasteiger partial charge in [-0.25, -0.2) is 9.59 Å². The van der Waals surface area contributed by atoms with Crippen LogP contribution >= 0.6 is 0 Å². The molecule has 1 unspecified atom stereocenters. The Balaban J connectivity index is 1.03. The third-order valence-electron chi connectivity index (χ3n) is 12.7. The number of ether oxygens (including phenoxy) is 3. The molecule has 2 heterocycles. The zero-order chi connectivity index (χ0) is 47.3. The number of nitro benzene ring substituents is 1. The van der Waals surface area contributed by atoms with Crippen LogP contribution in [0.3, 0.4) is 0 Å². The van der Waals surface area contributed by atoms with Gasteiger partial charge in [-0.3, -0.25) is 29.3 Å². The predicted octanol–water partition coefficient (Wildman–Crippen LogP) is 6.14. The lowest BCUT2D eigenvalue weighted by Gasteiger charge is -2.37. The number of carbonyl (C=O) groups excluding carboxylic acids is 6. The van der Waals surface area contributed by atoms with Crippen LogP contribution in [0.15, 0.2) is 72.8 Å². The second-order valence-corrected chi connectivity index (χ2v) is 17.0. The first-order valence-electron chi connectivity index (χ1n) is 22.0. The van der Waals surface area contributed by atoms with Crippen LogP contribution in [-0.2, 0) is 46.4 Å². The summed E-state index contributed by atoms with van der Waals surface area (Å²) in [4.78, 5) is 96.1. The van der Waals surface area contributed by atoms with E-state index < -0.39 is 58.3 Å². The Morgan fingerprint density at radius 2 is 1.48 bits per heavy atom. The van der Waals surface area contributed by atoms with Crippen LogP contribution in [0.2, 0.25) is 0 Å². The lowest BCUT2D eigenvalue weighted by Crippen LogP contribution is -2.59. The van der Waals surface area contributed by atoms with Crippen molar-refractivity contribution in [2.45, 2.75) is 103 Å². The molecular weight excluding hydrogens is 851 g/mol. The predicted molar refractivity (Wildman–Crippen MR) is 239 cm³/mol. The van der Waals surface area contributed by atoms with Crippen LogP contribution in [0.1, 0.15) is 90.3 Å². The lowest BCUT2D eigenvalue weighted by molar-refractivity contribution is -0.384. The SMILES string of the molecule is COc1c(C)c(C)c2c(c1C)CCC(C)(C(=O)N[C@@H](Cc1ccc([N+](=O)[O-])cc1)C(=O)N[C@@H](CCCCNC(=O)OCC1c3ccccc3-c3ccccc31)C(=O)ON1C(=O)CCC1=O)O2. The summed E-state index contributed by atoms with van der Waals surface area (Å²) in [5.74, 6) is -2.79. The van der Waals surface area contributed by atoms with E-state index in [1.54, 1.807) is 14.0 Å². The van der Waals surface area contributed by atoms with Crippen molar-refractivity contribution < 1.29 is 52.7 Å². The molecule has 0 radical (unpaired) electrons. The number of nitrogens with zero attached hydrogens (tertiary/aromatic N) is 2. The number of imide groups is 1. The fourth-order valence-corrected chi connectivity index (χ4v) is 8.86. The maximum Gasteiger partial charge on any atom is 0.407 e. The van der Waals surface area contributed by atoms with Crippen LogP contribution in [0.25, 0.3) is 11.1 Å². The monoisotopic (exact) mass is 903 g/mol. The fourth-order valence-electron chi connectivity index (χ4n) is 8.86. The molecule has 1 fully saturated rings. The standard InChI is InChI=1S/C49H53N5O12/c1-28-29(2)44-33(30(3)43(28)63-5)23-24-49(4,65-44)47(59)52-40(26-31-17-19-32(20-18-31)54(61)62)45(57)51-39(46(58)66-53-41(55)21-22-42(53)56)16-10-11-25-50-48(60)64-27-38-36-14-8-6-12-34(36)35-13-7-9-15-37(35)38/h6-9,12-15,17-20,38-40H,10-11,16,21-27H2,1-5H3,(H,50,60)(H,51,57)(H,52,59)/t39-,40-,49?/m0/s1. The Morgan fingerprint density at radius 3 is 2.11 bits per heavy atom. The van der Waals surface area contributed by atoms with E-state index in [-0.39, 0.29) is 63.3 Å². The number of rotatable bonds is 17. The number of amides is 5.